The van der Waals surface area contributed by atoms with Gasteiger partial charge in [-0.3, -0.25) is 4.79 Å². The standard InChI is InChI=1S/C27H33N5OS/c1-19-6-5-7-20(18-19)24(33)25-26(28)30-27(34-25)29-21-8-10-22(11-9-21)32-16-12-23(13-17-32)31-14-3-2-4-15-31/h5-11,18,23H,2-4,12-17,28H2,1H3,(H,29,30). The fourth-order valence-electron chi connectivity index (χ4n) is 5.12. The molecule has 0 spiro atoms. The lowest BCUT2D eigenvalue weighted by Gasteiger charge is -2.41. The minimum atomic E-state index is -0.0879. The number of ketones is 1. The van der Waals surface area contributed by atoms with Crippen molar-refractivity contribution in [1.29, 1.82) is 0 Å². The van der Waals surface area contributed by atoms with E-state index >= 15 is 0 Å². The van der Waals surface area contributed by atoms with E-state index in [0.29, 0.717) is 15.6 Å². The van der Waals surface area contributed by atoms with E-state index in [1.807, 2.05) is 31.2 Å². The van der Waals surface area contributed by atoms with Crippen molar-refractivity contribution < 1.29 is 4.79 Å². The number of likely N-dealkylation sites (tertiary alicyclic amines) is 1. The molecule has 5 rings (SSSR count). The van der Waals surface area contributed by atoms with E-state index in [-0.39, 0.29) is 11.6 Å². The molecule has 6 nitrogen and oxygen atoms in total. The third-order valence-electron chi connectivity index (χ3n) is 7.00. The molecule has 0 amide bonds. The molecule has 2 aromatic carbocycles. The van der Waals surface area contributed by atoms with Crippen molar-refractivity contribution in [3.05, 3.63) is 64.5 Å². The summed E-state index contributed by atoms with van der Waals surface area (Å²) in [6, 6.07) is 16.8. The Hall–Kier alpha value is -2.90. The van der Waals surface area contributed by atoms with Crippen LogP contribution in [0, 0.1) is 6.92 Å². The second-order valence-electron chi connectivity index (χ2n) is 9.42. The predicted molar refractivity (Wildman–Crippen MR) is 142 cm³/mol. The highest BCUT2D eigenvalue weighted by Crippen LogP contribution is 2.31. The second kappa shape index (κ2) is 10.2. The first kappa shape index (κ1) is 22.9. The molecule has 3 heterocycles. The number of nitrogens with one attached hydrogen (secondary N) is 1. The van der Waals surface area contributed by atoms with Crippen LogP contribution in [-0.2, 0) is 0 Å². The van der Waals surface area contributed by atoms with Gasteiger partial charge < -0.3 is 20.9 Å². The molecule has 2 saturated heterocycles. The van der Waals surface area contributed by atoms with Gasteiger partial charge in [0, 0.05) is 36.1 Å². The number of carbonyl (C=O) groups is 1. The van der Waals surface area contributed by atoms with Crippen LogP contribution < -0.4 is 16.0 Å². The minimum Gasteiger partial charge on any atom is -0.382 e. The number of hydrogen-bond donors (Lipinski definition) is 2. The number of piperidine rings is 2. The second-order valence-corrected chi connectivity index (χ2v) is 10.4. The number of rotatable bonds is 6. The van der Waals surface area contributed by atoms with Crippen LogP contribution in [-0.4, -0.2) is 47.9 Å². The molecule has 2 aliphatic heterocycles. The Morgan fingerprint density at radius 2 is 1.76 bits per heavy atom. The monoisotopic (exact) mass is 475 g/mol. The van der Waals surface area contributed by atoms with Crippen LogP contribution in [0.4, 0.5) is 22.3 Å². The van der Waals surface area contributed by atoms with Crippen LogP contribution in [0.15, 0.2) is 48.5 Å². The molecule has 0 aliphatic carbocycles. The lowest BCUT2D eigenvalue weighted by atomic mass is 9.99. The van der Waals surface area contributed by atoms with E-state index in [0.717, 1.165) is 30.4 Å². The first-order valence-electron chi connectivity index (χ1n) is 12.3. The van der Waals surface area contributed by atoms with Crippen molar-refractivity contribution in [2.45, 2.75) is 45.1 Å². The zero-order chi connectivity index (χ0) is 23.5. The molecule has 0 radical (unpaired) electrons. The molecule has 0 unspecified atom stereocenters. The molecule has 3 N–H and O–H groups in total. The molecule has 178 valence electrons. The summed E-state index contributed by atoms with van der Waals surface area (Å²) in [5, 5.41) is 3.94. The third kappa shape index (κ3) is 5.10. The molecule has 34 heavy (non-hydrogen) atoms. The van der Waals surface area contributed by atoms with Crippen LogP contribution in [0.1, 0.15) is 52.9 Å². The average Bonchev–Trinajstić information content (AvgIpc) is 3.24. The molecule has 0 saturated carbocycles. The van der Waals surface area contributed by atoms with Gasteiger partial charge in [-0.15, -0.1) is 0 Å². The Kier molecular flexibility index (Phi) is 6.83. The SMILES string of the molecule is Cc1cccc(C(=O)c2sc(Nc3ccc(N4CCC(N5CCCCC5)CC4)cc3)nc2N)c1. The maximum absolute atomic E-state index is 12.9. The summed E-state index contributed by atoms with van der Waals surface area (Å²) < 4.78 is 0. The third-order valence-corrected chi connectivity index (χ3v) is 7.98. The molecule has 0 atom stereocenters. The summed E-state index contributed by atoms with van der Waals surface area (Å²) in [6.45, 7) is 6.76. The highest BCUT2D eigenvalue weighted by Gasteiger charge is 2.25. The maximum atomic E-state index is 12.9. The molecule has 2 fully saturated rings. The molecule has 0 bridgehead atoms. The number of anilines is 4. The molecular formula is C27H33N5OS. The Morgan fingerprint density at radius 3 is 2.47 bits per heavy atom. The molecule has 1 aromatic heterocycles. The summed E-state index contributed by atoms with van der Waals surface area (Å²) in [4.78, 5) is 22.9. The van der Waals surface area contributed by atoms with Gasteiger partial charge in [0.1, 0.15) is 10.7 Å². The number of hydrogen-bond acceptors (Lipinski definition) is 7. The fourth-order valence-corrected chi connectivity index (χ4v) is 5.98. The van der Waals surface area contributed by atoms with Gasteiger partial charge in [-0.2, -0.15) is 0 Å². The topological polar surface area (TPSA) is 74.5 Å². The summed E-state index contributed by atoms with van der Waals surface area (Å²) >= 11 is 1.30. The summed E-state index contributed by atoms with van der Waals surface area (Å²) in [6.07, 6.45) is 6.61. The smallest absolute Gasteiger partial charge is 0.206 e. The van der Waals surface area contributed by atoms with Crippen molar-refractivity contribution >= 4 is 39.4 Å². The van der Waals surface area contributed by atoms with Crippen molar-refractivity contribution in [3.8, 4) is 0 Å². The van der Waals surface area contributed by atoms with Crippen molar-refractivity contribution in [3.63, 3.8) is 0 Å². The first-order chi connectivity index (χ1) is 16.6. The molecule has 2 aliphatic rings. The van der Waals surface area contributed by atoms with E-state index in [4.69, 9.17) is 5.73 Å². The van der Waals surface area contributed by atoms with E-state index in [2.05, 4.69) is 44.4 Å². The summed E-state index contributed by atoms with van der Waals surface area (Å²) in [5.74, 6) is 0.183. The quantitative estimate of drug-likeness (QED) is 0.461. The average molecular weight is 476 g/mol. The van der Waals surface area contributed by atoms with Crippen molar-refractivity contribution in [2.24, 2.45) is 0 Å². The first-order valence-corrected chi connectivity index (χ1v) is 13.1. The summed E-state index contributed by atoms with van der Waals surface area (Å²) in [7, 11) is 0. The number of nitrogens with zero attached hydrogens (tertiary/aromatic N) is 3. The highest BCUT2D eigenvalue weighted by molar-refractivity contribution is 7.18. The zero-order valence-electron chi connectivity index (χ0n) is 19.8. The molecule has 3 aromatic rings. The lowest BCUT2D eigenvalue weighted by molar-refractivity contribution is 0.104. The van der Waals surface area contributed by atoms with Crippen LogP contribution in [0.5, 0.6) is 0 Å². The minimum absolute atomic E-state index is 0.0879. The number of thiazole rings is 1. The predicted octanol–water partition coefficient (Wildman–Crippen LogP) is 5.46. The van der Waals surface area contributed by atoms with Gasteiger partial charge in [0.05, 0.1) is 0 Å². The van der Waals surface area contributed by atoms with Crippen molar-refractivity contribution in [1.82, 2.24) is 9.88 Å². The van der Waals surface area contributed by atoms with E-state index < -0.39 is 0 Å². The summed E-state index contributed by atoms with van der Waals surface area (Å²) in [5.41, 5.74) is 9.97. The normalized spacial score (nSPS) is 17.6. The molecular weight excluding hydrogens is 442 g/mol. The zero-order valence-corrected chi connectivity index (χ0v) is 20.6. The Balaban J connectivity index is 1.20. The van der Waals surface area contributed by atoms with Crippen molar-refractivity contribution in [2.75, 3.05) is 42.1 Å². The Labute approximate surface area is 205 Å². The van der Waals surface area contributed by atoms with Gasteiger partial charge in [0.15, 0.2) is 5.13 Å². The number of aryl methyl sites for hydroxylation is 1. The van der Waals surface area contributed by atoms with E-state index in [1.165, 1.54) is 62.2 Å². The maximum Gasteiger partial charge on any atom is 0.206 e. The highest BCUT2D eigenvalue weighted by atomic mass is 32.1. The largest absolute Gasteiger partial charge is 0.382 e. The number of aromatic nitrogens is 1. The van der Waals surface area contributed by atoms with E-state index in [9.17, 15) is 4.79 Å². The van der Waals surface area contributed by atoms with Gasteiger partial charge >= 0.3 is 0 Å². The van der Waals surface area contributed by atoms with Crippen LogP contribution >= 0.6 is 11.3 Å². The Bertz CT molecular complexity index is 1130. The van der Waals surface area contributed by atoms with Crippen LogP contribution in [0.25, 0.3) is 0 Å². The number of benzene rings is 2. The van der Waals surface area contributed by atoms with Gasteiger partial charge in [-0.25, -0.2) is 4.98 Å². The Morgan fingerprint density at radius 1 is 1.03 bits per heavy atom. The van der Waals surface area contributed by atoms with Crippen LogP contribution in [0.3, 0.4) is 0 Å². The van der Waals surface area contributed by atoms with Gasteiger partial charge in [0.25, 0.3) is 0 Å². The number of carbonyl (C=O) groups excluding carboxylic acids is 1. The van der Waals surface area contributed by atoms with Gasteiger partial charge in [-0.05, 0) is 76.0 Å². The van der Waals surface area contributed by atoms with Gasteiger partial charge in [0.2, 0.25) is 5.78 Å². The van der Waals surface area contributed by atoms with Gasteiger partial charge in [-0.1, -0.05) is 41.5 Å². The fraction of sp³-hybridized carbons (Fsp3) is 0.407. The molecule has 7 heteroatoms. The number of nitrogens with two attached hydrogens (primary N) is 1. The lowest BCUT2D eigenvalue weighted by Crippen LogP contribution is -2.46. The number of nitrogen functional groups attached to an aromatic ring is 1. The van der Waals surface area contributed by atoms with E-state index in [1.54, 1.807) is 0 Å². The van der Waals surface area contributed by atoms with Crippen LogP contribution in [0.2, 0.25) is 0 Å².